The van der Waals surface area contributed by atoms with Gasteiger partial charge in [0, 0.05) is 38.3 Å². The second-order valence-corrected chi connectivity index (χ2v) is 6.23. The Kier molecular flexibility index (Phi) is 7.98. The molecule has 3 rings (SSSR count). The lowest BCUT2D eigenvalue weighted by molar-refractivity contribution is -0.00000619. The lowest BCUT2D eigenvalue weighted by Crippen LogP contribution is -3.00. The van der Waals surface area contributed by atoms with Crippen molar-refractivity contribution in [2.75, 3.05) is 45.4 Å². The molecule has 0 N–H and O–H groups in total. The number of para-hydroxylation sites is 1. The number of benzene rings is 2. The van der Waals surface area contributed by atoms with Crippen molar-refractivity contribution >= 4 is 16.7 Å². The first-order chi connectivity index (χ1) is 12.7. The van der Waals surface area contributed by atoms with Gasteiger partial charge in [-0.05, 0) is 19.1 Å². The van der Waals surface area contributed by atoms with Gasteiger partial charge in [-0.1, -0.05) is 42.0 Å². The van der Waals surface area contributed by atoms with Gasteiger partial charge >= 0.3 is 0 Å². The normalized spacial score (nSPS) is 10.6. The number of methoxy groups -OCH3 is 2. The number of halogens is 1. The van der Waals surface area contributed by atoms with Crippen molar-refractivity contribution < 1.29 is 21.9 Å². The fourth-order valence-corrected chi connectivity index (χ4v) is 2.86. The number of aryl methyl sites for hydroxylation is 1. The Hall–Kier alpha value is -2.21. The summed E-state index contributed by atoms with van der Waals surface area (Å²) in [6.45, 7) is 4.82. The Morgan fingerprint density at radius 1 is 0.852 bits per heavy atom. The van der Waals surface area contributed by atoms with E-state index in [9.17, 15) is 0 Å². The summed E-state index contributed by atoms with van der Waals surface area (Å²) < 4.78 is 10.6. The van der Waals surface area contributed by atoms with E-state index in [1.165, 1.54) is 5.56 Å². The first-order valence-corrected chi connectivity index (χ1v) is 8.79. The fraction of sp³-hybridized carbons (Fsp3) is 0.333. The summed E-state index contributed by atoms with van der Waals surface area (Å²) in [5.74, 6) is 1.65. The number of hydrogen-bond donors (Lipinski definition) is 0. The molecule has 1 heterocycles. The van der Waals surface area contributed by atoms with Gasteiger partial charge in [-0.2, -0.15) is 0 Å². The van der Waals surface area contributed by atoms with Crippen molar-refractivity contribution in [1.82, 2.24) is 9.97 Å². The third-order valence-electron chi connectivity index (χ3n) is 4.32. The number of fused-ring (bicyclic) bond motifs is 1. The molecule has 0 saturated heterocycles. The van der Waals surface area contributed by atoms with Crippen molar-refractivity contribution in [2.24, 2.45) is 0 Å². The largest absolute Gasteiger partial charge is 1.00 e. The van der Waals surface area contributed by atoms with Gasteiger partial charge in [-0.25, -0.2) is 9.97 Å². The average Bonchev–Trinajstić information content (AvgIpc) is 2.68. The van der Waals surface area contributed by atoms with Crippen LogP contribution in [0.1, 0.15) is 5.56 Å². The van der Waals surface area contributed by atoms with Gasteiger partial charge in [0.15, 0.2) is 5.82 Å². The number of rotatable bonds is 8. The van der Waals surface area contributed by atoms with Crippen LogP contribution >= 0.6 is 0 Å². The maximum atomic E-state index is 5.29. The van der Waals surface area contributed by atoms with Crippen molar-refractivity contribution in [2.45, 2.75) is 6.92 Å². The first kappa shape index (κ1) is 21.1. The van der Waals surface area contributed by atoms with E-state index in [-0.39, 0.29) is 12.4 Å². The standard InChI is InChI=1S/C21H25N3O2.ClH/c1-16-8-10-17(11-9-16)20-22-19-7-5-4-6-18(19)21(23-20)24(12-14-25-2)13-15-26-3;/h4-11H,12-15H2,1-3H3;1H/p-1. The highest BCUT2D eigenvalue weighted by Gasteiger charge is 2.15. The van der Waals surface area contributed by atoms with Crippen LogP contribution in [0.15, 0.2) is 48.5 Å². The SMILES string of the molecule is COCCN(CCOC)c1nc(-c2ccc(C)cc2)nc2ccccc12.[Cl-]. The highest BCUT2D eigenvalue weighted by Crippen LogP contribution is 2.27. The second kappa shape index (κ2) is 10.2. The number of aromatic nitrogens is 2. The molecule has 0 unspecified atom stereocenters. The Morgan fingerprint density at radius 2 is 1.48 bits per heavy atom. The van der Waals surface area contributed by atoms with E-state index in [1.54, 1.807) is 14.2 Å². The number of ether oxygens (including phenoxy) is 2. The molecule has 0 bridgehead atoms. The van der Waals surface area contributed by atoms with Gasteiger partial charge in [-0.15, -0.1) is 0 Å². The molecule has 2 aromatic carbocycles. The van der Waals surface area contributed by atoms with Crippen LogP contribution in [-0.2, 0) is 9.47 Å². The molecule has 0 aliphatic rings. The molecular formula is C21H25ClN3O2-. The zero-order valence-electron chi connectivity index (χ0n) is 16.0. The monoisotopic (exact) mass is 386 g/mol. The Morgan fingerprint density at radius 3 is 2.11 bits per heavy atom. The molecule has 1 aromatic heterocycles. The predicted octanol–water partition coefficient (Wildman–Crippen LogP) is 0.708. The summed E-state index contributed by atoms with van der Waals surface area (Å²) in [6, 6.07) is 16.4. The van der Waals surface area contributed by atoms with Gasteiger partial charge < -0.3 is 26.8 Å². The molecule has 0 atom stereocenters. The van der Waals surface area contributed by atoms with Crippen LogP contribution in [0.5, 0.6) is 0 Å². The highest BCUT2D eigenvalue weighted by molar-refractivity contribution is 5.91. The first-order valence-electron chi connectivity index (χ1n) is 8.79. The summed E-state index contributed by atoms with van der Waals surface area (Å²) in [6.07, 6.45) is 0. The van der Waals surface area contributed by atoms with Crippen molar-refractivity contribution in [3.8, 4) is 11.4 Å². The molecule has 0 saturated carbocycles. The maximum Gasteiger partial charge on any atom is 0.162 e. The molecule has 6 heteroatoms. The quantitative estimate of drug-likeness (QED) is 0.570. The van der Waals surface area contributed by atoms with Gasteiger partial charge in [0.1, 0.15) is 5.82 Å². The second-order valence-electron chi connectivity index (χ2n) is 6.23. The van der Waals surface area contributed by atoms with E-state index in [4.69, 9.17) is 19.4 Å². The zero-order valence-corrected chi connectivity index (χ0v) is 16.7. The maximum absolute atomic E-state index is 5.29. The molecular weight excluding hydrogens is 362 g/mol. The summed E-state index contributed by atoms with van der Waals surface area (Å²) in [5.41, 5.74) is 3.17. The lowest BCUT2D eigenvalue weighted by Gasteiger charge is -2.25. The summed E-state index contributed by atoms with van der Waals surface area (Å²) in [7, 11) is 3.43. The summed E-state index contributed by atoms with van der Waals surface area (Å²) in [4.78, 5) is 11.9. The van der Waals surface area contributed by atoms with Gasteiger partial charge in [-0.3, -0.25) is 0 Å². The Bertz CT molecular complexity index is 848. The average molecular weight is 387 g/mol. The summed E-state index contributed by atoms with van der Waals surface area (Å²) in [5, 5.41) is 1.04. The topological polar surface area (TPSA) is 47.5 Å². The number of anilines is 1. The van der Waals surface area contributed by atoms with Crippen molar-refractivity contribution in [3.05, 3.63) is 54.1 Å². The molecule has 0 fully saturated rings. The van der Waals surface area contributed by atoms with Crippen LogP contribution in [0.4, 0.5) is 5.82 Å². The van der Waals surface area contributed by atoms with Crippen LogP contribution in [0.2, 0.25) is 0 Å². The van der Waals surface area contributed by atoms with Crippen LogP contribution in [0.25, 0.3) is 22.3 Å². The smallest absolute Gasteiger partial charge is 0.162 e. The molecule has 144 valence electrons. The van der Waals surface area contributed by atoms with Crippen LogP contribution in [-0.4, -0.2) is 50.5 Å². The van der Waals surface area contributed by atoms with Crippen molar-refractivity contribution in [1.29, 1.82) is 0 Å². The predicted molar refractivity (Wildman–Crippen MR) is 106 cm³/mol. The minimum atomic E-state index is 0. The van der Waals surface area contributed by atoms with E-state index in [0.29, 0.717) is 13.2 Å². The molecule has 0 aliphatic heterocycles. The minimum Gasteiger partial charge on any atom is -1.00 e. The van der Waals surface area contributed by atoms with E-state index in [0.717, 1.165) is 41.2 Å². The molecule has 5 nitrogen and oxygen atoms in total. The van der Waals surface area contributed by atoms with E-state index < -0.39 is 0 Å². The van der Waals surface area contributed by atoms with E-state index in [1.807, 2.05) is 18.2 Å². The molecule has 0 aliphatic carbocycles. The molecule has 27 heavy (non-hydrogen) atoms. The Labute approximate surface area is 166 Å². The van der Waals surface area contributed by atoms with Crippen LogP contribution in [0.3, 0.4) is 0 Å². The van der Waals surface area contributed by atoms with Gasteiger partial charge in [0.25, 0.3) is 0 Å². The van der Waals surface area contributed by atoms with Crippen LogP contribution < -0.4 is 17.3 Å². The fourth-order valence-electron chi connectivity index (χ4n) is 2.86. The van der Waals surface area contributed by atoms with E-state index >= 15 is 0 Å². The van der Waals surface area contributed by atoms with Gasteiger partial charge in [0.05, 0.1) is 18.7 Å². The molecule has 0 amide bonds. The molecule has 0 radical (unpaired) electrons. The summed E-state index contributed by atoms with van der Waals surface area (Å²) >= 11 is 0. The number of nitrogens with zero attached hydrogens (tertiary/aromatic N) is 3. The van der Waals surface area contributed by atoms with Gasteiger partial charge in [0.2, 0.25) is 0 Å². The Balaban J connectivity index is 0.00000261. The third kappa shape index (κ3) is 5.16. The lowest BCUT2D eigenvalue weighted by atomic mass is 10.1. The minimum absolute atomic E-state index is 0. The third-order valence-corrected chi connectivity index (χ3v) is 4.32. The molecule has 3 aromatic rings. The zero-order chi connectivity index (χ0) is 18.4. The molecule has 0 spiro atoms. The highest BCUT2D eigenvalue weighted by atomic mass is 35.5. The van der Waals surface area contributed by atoms with Crippen molar-refractivity contribution in [3.63, 3.8) is 0 Å². The van der Waals surface area contributed by atoms with Crippen LogP contribution in [0, 0.1) is 6.92 Å². The van der Waals surface area contributed by atoms with E-state index in [2.05, 4.69) is 42.2 Å². The number of hydrogen-bond acceptors (Lipinski definition) is 5.